The van der Waals surface area contributed by atoms with Crippen molar-refractivity contribution in [3.63, 3.8) is 0 Å². The van der Waals surface area contributed by atoms with Crippen molar-refractivity contribution in [1.29, 1.82) is 0 Å². The maximum absolute atomic E-state index is 13.1. The molecular weight excluding hydrogens is 428 g/mol. The number of ether oxygens (including phenoxy) is 1. The Morgan fingerprint density at radius 3 is 2.44 bits per heavy atom. The quantitative estimate of drug-likeness (QED) is 0.644. The number of rotatable bonds is 7. The molecule has 0 aliphatic carbocycles. The zero-order valence-electron chi connectivity index (χ0n) is 18.7. The first-order chi connectivity index (χ1) is 15.2. The van der Waals surface area contributed by atoms with Crippen LogP contribution in [0.2, 0.25) is 0 Å². The summed E-state index contributed by atoms with van der Waals surface area (Å²) in [6.07, 6.45) is 0.990. The largest absolute Gasteiger partial charge is 0.452 e. The van der Waals surface area contributed by atoms with Crippen molar-refractivity contribution in [3.05, 3.63) is 65.2 Å². The van der Waals surface area contributed by atoms with Gasteiger partial charge in [0.05, 0.1) is 10.5 Å². The minimum atomic E-state index is -3.71. The van der Waals surface area contributed by atoms with E-state index in [1.165, 1.54) is 28.6 Å². The first kappa shape index (κ1) is 23.9. The SMILES string of the molecule is Cc1ccccc1CNC(=O)COC(=O)c1cccc(S(=O)(=O)N2CC(C)CC(C)C2)c1. The summed E-state index contributed by atoms with van der Waals surface area (Å²) in [5.74, 6) is -0.616. The number of amides is 1. The van der Waals surface area contributed by atoms with E-state index in [1.54, 1.807) is 0 Å². The third kappa shape index (κ3) is 5.95. The van der Waals surface area contributed by atoms with Gasteiger partial charge < -0.3 is 10.1 Å². The monoisotopic (exact) mass is 458 g/mol. The highest BCUT2D eigenvalue weighted by Gasteiger charge is 2.32. The van der Waals surface area contributed by atoms with Crippen molar-refractivity contribution >= 4 is 21.9 Å². The van der Waals surface area contributed by atoms with E-state index in [0.29, 0.717) is 19.6 Å². The summed E-state index contributed by atoms with van der Waals surface area (Å²) in [6.45, 7) is 6.84. The van der Waals surface area contributed by atoms with Crippen molar-refractivity contribution < 1.29 is 22.7 Å². The van der Waals surface area contributed by atoms with E-state index in [-0.39, 0.29) is 22.3 Å². The Balaban J connectivity index is 1.60. The molecule has 1 aliphatic heterocycles. The van der Waals surface area contributed by atoms with Gasteiger partial charge in [0.25, 0.3) is 5.91 Å². The molecule has 1 amide bonds. The van der Waals surface area contributed by atoms with Crippen LogP contribution in [-0.2, 0) is 26.1 Å². The molecule has 2 atom stereocenters. The molecule has 0 aromatic heterocycles. The van der Waals surface area contributed by atoms with Crippen molar-refractivity contribution in [2.24, 2.45) is 11.8 Å². The fourth-order valence-corrected chi connectivity index (χ4v) is 5.73. The van der Waals surface area contributed by atoms with E-state index >= 15 is 0 Å². The van der Waals surface area contributed by atoms with Gasteiger partial charge in [0.15, 0.2) is 6.61 Å². The highest BCUT2D eigenvalue weighted by molar-refractivity contribution is 7.89. The van der Waals surface area contributed by atoms with Crippen LogP contribution in [0.5, 0.6) is 0 Å². The Morgan fingerprint density at radius 1 is 1.06 bits per heavy atom. The summed E-state index contributed by atoms with van der Waals surface area (Å²) in [7, 11) is -3.71. The van der Waals surface area contributed by atoms with Gasteiger partial charge in [0.2, 0.25) is 10.0 Å². The number of nitrogens with zero attached hydrogens (tertiary/aromatic N) is 1. The molecular formula is C24H30N2O5S. The molecule has 1 N–H and O–H groups in total. The molecule has 2 aromatic rings. The molecule has 0 bridgehead atoms. The summed E-state index contributed by atoms with van der Waals surface area (Å²) in [4.78, 5) is 24.5. The number of esters is 1. The molecule has 1 saturated heterocycles. The third-order valence-electron chi connectivity index (χ3n) is 5.61. The van der Waals surface area contributed by atoms with E-state index < -0.39 is 28.5 Å². The number of aryl methyl sites for hydroxylation is 1. The van der Waals surface area contributed by atoms with Crippen molar-refractivity contribution in [2.75, 3.05) is 19.7 Å². The van der Waals surface area contributed by atoms with Gasteiger partial charge in [-0.15, -0.1) is 0 Å². The lowest BCUT2D eigenvalue weighted by molar-refractivity contribution is -0.124. The molecule has 32 heavy (non-hydrogen) atoms. The average Bonchev–Trinajstić information content (AvgIpc) is 2.76. The molecule has 2 unspecified atom stereocenters. The van der Waals surface area contributed by atoms with Crippen LogP contribution in [0.3, 0.4) is 0 Å². The number of nitrogens with one attached hydrogen (secondary N) is 1. The van der Waals surface area contributed by atoms with Gasteiger partial charge in [-0.1, -0.05) is 44.2 Å². The van der Waals surface area contributed by atoms with E-state index in [4.69, 9.17) is 4.74 Å². The zero-order valence-corrected chi connectivity index (χ0v) is 19.5. The Labute approximate surface area is 189 Å². The minimum absolute atomic E-state index is 0.0530. The zero-order chi connectivity index (χ0) is 23.3. The molecule has 8 heteroatoms. The number of benzene rings is 2. The molecule has 0 saturated carbocycles. The van der Waals surface area contributed by atoms with E-state index in [2.05, 4.69) is 5.32 Å². The highest BCUT2D eigenvalue weighted by Crippen LogP contribution is 2.27. The van der Waals surface area contributed by atoms with Crippen LogP contribution < -0.4 is 5.32 Å². The fourth-order valence-electron chi connectivity index (χ4n) is 4.00. The van der Waals surface area contributed by atoms with Gasteiger partial charge in [-0.25, -0.2) is 13.2 Å². The summed E-state index contributed by atoms with van der Waals surface area (Å²) in [5, 5.41) is 2.71. The molecule has 1 aliphatic rings. The number of piperidine rings is 1. The molecule has 3 rings (SSSR count). The predicted molar refractivity (Wildman–Crippen MR) is 121 cm³/mol. The number of hydrogen-bond acceptors (Lipinski definition) is 5. The first-order valence-corrected chi connectivity index (χ1v) is 12.2. The second kappa shape index (κ2) is 10.3. The smallest absolute Gasteiger partial charge is 0.338 e. The molecule has 0 spiro atoms. The van der Waals surface area contributed by atoms with Crippen LogP contribution in [0.25, 0.3) is 0 Å². The Morgan fingerprint density at radius 2 is 1.75 bits per heavy atom. The Kier molecular flexibility index (Phi) is 7.69. The van der Waals surface area contributed by atoms with Crippen molar-refractivity contribution in [3.8, 4) is 0 Å². The van der Waals surface area contributed by atoms with Crippen LogP contribution >= 0.6 is 0 Å². The summed E-state index contributed by atoms with van der Waals surface area (Å²) in [6, 6.07) is 13.5. The van der Waals surface area contributed by atoms with Crippen molar-refractivity contribution in [2.45, 2.75) is 38.6 Å². The van der Waals surface area contributed by atoms with Gasteiger partial charge in [-0.05, 0) is 54.5 Å². The summed E-state index contributed by atoms with van der Waals surface area (Å²) in [5.41, 5.74) is 2.13. The topological polar surface area (TPSA) is 92.8 Å². The van der Waals surface area contributed by atoms with E-state index in [1.807, 2.05) is 45.0 Å². The van der Waals surface area contributed by atoms with Gasteiger partial charge in [0, 0.05) is 19.6 Å². The lowest BCUT2D eigenvalue weighted by atomic mass is 9.94. The van der Waals surface area contributed by atoms with Crippen LogP contribution in [0, 0.1) is 18.8 Å². The first-order valence-electron chi connectivity index (χ1n) is 10.8. The number of carbonyl (C=O) groups is 2. The second-order valence-corrected chi connectivity index (χ2v) is 10.5. The van der Waals surface area contributed by atoms with Crippen LogP contribution in [0.4, 0.5) is 0 Å². The molecule has 1 fully saturated rings. The van der Waals surface area contributed by atoms with Crippen LogP contribution in [0.15, 0.2) is 53.4 Å². The van der Waals surface area contributed by atoms with Gasteiger partial charge in [0.1, 0.15) is 0 Å². The number of sulfonamides is 1. The standard InChI is InChI=1S/C24H30N2O5S/c1-17-11-18(2)15-26(14-17)32(29,30)22-10-6-9-20(12-22)24(28)31-16-23(27)25-13-21-8-5-4-7-19(21)3/h4-10,12,17-18H,11,13-16H2,1-3H3,(H,25,27). The maximum atomic E-state index is 13.1. The number of carbonyl (C=O) groups excluding carboxylic acids is 2. The molecule has 1 heterocycles. The van der Waals surface area contributed by atoms with E-state index in [0.717, 1.165) is 17.5 Å². The lowest BCUT2D eigenvalue weighted by Gasteiger charge is -2.34. The van der Waals surface area contributed by atoms with Crippen LogP contribution in [0.1, 0.15) is 41.8 Å². The molecule has 2 aromatic carbocycles. The van der Waals surface area contributed by atoms with Gasteiger partial charge >= 0.3 is 5.97 Å². The highest BCUT2D eigenvalue weighted by atomic mass is 32.2. The van der Waals surface area contributed by atoms with Crippen molar-refractivity contribution in [1.82, 2.24) is 9.62 Å². The maximum Gasteiger partial charge on any atom is 0.338 e. The van der Waals surface area contributed by atoms with Gasteiger partial charge in [-0.2, -0.15) is 4.31 Å². The normalized spacial score (nSPS) is 19.3. The summed E-state index contributed by atoms with van der Waals surface area (Å²) >= 11 is 0. The van der Waals surface area contributed by atoms with E-state index in [9.17, 15) is 18.0 Å². The third-order valence-corrected chi connectivity index (χ3v) is 7.44. The fraction of sp³-hybridized carbons (Fsp3) is 0.417. The predicted octanol–water partition coefficient (Wildman–Crippen LogP) is 3.13. The summed E-state index contributed by atoms with van der Waals surface area (Å²) < 4.78 is 32.7. The van der Waals surface area contributed by atoms with Gasteiger partial charge in [-0.3, -0.25) is 4.79 Å². The Bertz CT molecular complexity index is 1070. The lowest BCUT2D eigenvalue weighted by Crippen LogP contribution is -2.42. The molecule has 7 nitrogen and oxygen atoms in total. The van der Waals surface area contributed by atoms with Crippen LogP contribution in [-0.4, -0.2) is 44.3 Å². The second-order valence-electron chi connectivity index (χ2n) is 8.58. The number of hydrogen-bond donors (Lipinski definition) is 1. The molecule has 0 radical (unpaired) electrons. The molecule has 172 valence electrons. The average molecular weight is 459 g/mol. The Hall–Kier alpha value is -2.71. The minimum Gasteiger partial charge on any atom is -0.452 e.